The molecule has 38 heavy (non-hydrogen) atoms. The van der Waals surface area contributed by atoms with Crippen molar-refractivity contribution in [3.05, 3.63) is 94.5 Å². The van der Waals surface area contributed by atoms with E-state index in [-0.39, 0.29) is 36.4 Å². The summed E-state index contributed by atoms with van der Waals surface area (Å²) in [5.74, 6) is -1.50. The molecule has 0 aliphatic rings. The van der Waals surface area contributed by atoms with Gasteiger partial charge in [-0.05, 0) is 59.0 Å². The molecule has 0 aromatic heterocycles. The number of hydrogen-bond acceptors (Lipinski definition) is 3. The lowest BCUT2D eigenvalue weighted by molar-refractivity contribution is -0.140. The molecule has 3 rings (SSSR count). The second-order valence-corrected chi connectivity index (χ2v) is 8.36. The van der Waals surface area contributed by atoms with Crippen LogP contribution in [-0.4, -0.2) is 28.6 Å². The lowest BCUT2D eigenvalue weighted by Gasteiger charge is -2.23. The van der Waals surface area contributed by atoms with Crippen LogP contribution < -0.4 is 0 Å². The van der Waals surface area contributed by atoms with Gasteiger partial charge in [0.1, 0.15) is 6.61 Å². The number of carbonyl (C=O) groups is 2. The third-order valence-corrected chi connectivity index (χ3v) is 5.70. The topological polar surface area (TPSA) is 66.8 Å². The van der Waals surface area contributed by atoms with Crippen LogP contribution in [-0.2, 0) is 41.5 Å². The van der Waals surface area contributed by atoms with Crippen molar-refractivity contribution in [1.82, 2.24) is 4.90 Å². The maximum atomic E-state index is 13.5. The Hall–Kier alpha value is -4.02. The van der Waals surface area contributed by atoms with Gasteiger partial charge in [-0.25, -0.2) is 4.79 Å². The summed E-state index contributed by atoms with van der Waals surface area (Å²) in [6.45, 7) is 1.27. The molecule has 0 spiro atoms. The van der Waals surface area contributed by atoms with E-state index in [1.165, 1.54) is 0 Å². The molecule has 0 bridgehead atoms. The van der Waals surface area contributed by atoms with Crippen LogP contribution in [0, 0.1) is 0 Å². The number of carboxylic acid groups (broad SMARTS) is 1. The predicted molar refractivity (Wildman–Crippen MR) is 126 cm³/mol. The Morgan fingerprint density at radius 1 is 0.868 bits per heavy atom. The van der Waals surface area contributed by atoms with Gasteiger partial charge < -0.3 is 14.7 Å². The monoisotopic (exact) mass is 539 g/mol. The zero-order chi connectivity index (χ0) is 28.1. The minimum Gasteiger partial charge on any atom is -0.481 e. The van der Waals surface area contributed by atoms with Crippen LogP contribution in [0.2, 0.25) is 0 Å². The average Bonchev–Trinajstić information content (AvgIpc) is 2.84. The Bertz CT molecular complexity index is 1290. The van der Waals surface area contributed by atoms with Crippen molar-refractivity contribution < 1.29 is 45.8 Å². The van der Waals surface area contributed by atoms with Gasteiger partial charge in [-0.2, -0.15) is 26.3 Å². The summed E-state index contributed by atoms with van der Waals surface area (Å²) in [5, 5.41) is 9.09. The van der Waals surface area contributed by atoms with E-state index in [0.717, 1.165) is 35.2 Å². The summed E-state index contributed by atoms with van der Waals surface area (Å²) in [4.78, 5) is 25.1. The first-order valence-electron chi connectivity index (χ1n) is 11.4. The highest BCUT2D eigenvalue weighted by Gasteiger charge is 2.35. The maximum absolute atomic E-state index is 13.5. The quantitative estimate of drug-likeness (QED) is 0.308. The molecule has 0 unspecified atom stereocenters. The minimum atomic E-state index is -4.83. The predicted octanol–water partition coefficient (Wildman–Crippen LogP) is 7.18. The van der Waals surface area contributed by atoms with Crippen LogP contribution in [0.3, 0.4) is 0 Å². The Morgan fingerprint density at radius 2 is 1.55 bits per heavy atom. The summed E-state index contributed by atoms with van der Waals surface area (Å²) >= 11 is 0. The van der Waals surface area contributed by atoms with Gasteiger partial charge in [-0.3, -0.25) is 4.79 Å². The fraction of sp³-hybridized carbons (Fsp3) is 0.259. The lowest BCUT2D eigenvalue weighted by Crippen LogP contribution is -2.31. The van der Waals surface area contributed by atoms with Crippen molar-refractivity contribution in [2.45, 2.75) is 38.8 Å². The molecule has 0 fully saturated rings. The number of rotatable bonds is 8. The highest BCUT2D eigenvalue weighted by molar-refractivity contribution is 5.75. The van der Waals surface area contributed by atoms with Crippen molar-refractivity contribution in [1.29, 1.82) is 0 Å². The lowest BCUT2D eigenvalue weighted by atomic mass is 9.93. The van der Waals surface area contributed by atoms with E-state index in [9.17, 15) is 35.9 Å². The van der Waals surface area contributed by atoms with Gasteiger partial charge in [0.25, 0.3) is 0 Å². The third kappa shape index (κ3) is 7.27. The van der Waals surface area contributed by atoms with Crippen LogP contribution in [0.5, 0.6) is 0 Å². The van der Waals surface area contributed by atoms with Gasteiger partial charge in [0, 0.05) is 13.1 Å². The molecule has 11 heteroatoms. The molecule has 5 nitrogen and oxygen atoms in total. The molecule has 0 radical (unpaired) electrons. The largest absolute Gasteiger partial charge is 0.481 e. The van der Waals surface area contributed by atoms with Gasteiger partial charge >= 0.3 is 24.4 Å². The average molecular weight is 539 g/mol. The van der Waals surface area contributed by atoms with E-state index >= 15 is 0 Å². The van der Waals surface area contributed by atoms with Crippen LogP contribution in [0.15, 0.2) is 66.7 Å². The first-order valence-corrected chi connectivity index (χ1v) is 11.4. The number of aliphatic carboxylic acids is 1. The number of alkyl halides is 6. The molecule has 0 aliphatic carbocycles. The molecule has 1 N–H and O–H groups in total. The molecule has 0 saturated heterocycles. The zero-order valence-electron chi connectivity index (χ0n) is 20.1. The number of amides is 1. The molecular formula is C27H23F6NO4. The number of hydrogen-bond donors (Lipinski definition) is 1. The third-order valence-electron chi connectivity index (χ3n) is 5.70. The fourth-order valence-corrected chi connectivity index (χ4v) is 3.85. The van der Waals surface area contributed by atoms with Crippen molar-refractivity contribution in [2.24, 2.45) is 0 Å². The number of ether oxygens (including phenoxy) is 1. The fourth-order valence-electron chi connectivity index (χ4n) is 3.85. The van der Waals surface area contributed by atoms with Crippen molar-refractivity contribution >= 4 is 12.1 Å². The van der Waals surface area contributed by atoms with Gasteiger partial charge in [0.15, 0.2) is 0 Å². The Kier molecular flexibility index (Phi) is 8.70. The molecule has 0 heterocycles. The number of nitrogens with zero attached hydrogens (tertiary/aromatic N) is 1. The van der Waals surface area contributed by atoms with E-state index < -0.39 is 47.5 Å². The maximum Gasteiger partial charge on any atom is 0.416 e. The van der Waals surface area contributed by atoms with Crippen molar-refractivity contribution in [3.63, 3.8) is 0 Å². The number of carbonyl (C=O) groups excluding carboxylic acids is 1. The summed E-state index contributed by atoms with van der Waals surface area (Å²) < 4.78 is 86.0. The number of benzene rings is 3. The summed E-state index contributed by atoms with van der Waals surface area (Å²) in [5.41, 5.74) is -1.81. The molecule has 0 atom stereocenters. The van der Waals surface area contributed by atoms with E-state index in [1.54, 1.807) is 37.3 Å². The van der Waals surface area contributed by atoms with Crippen LogP contribution >= 0.6 is 0 Å². The van der Waals surface area contributed by atoms with Gasteiger partial charge in [-0.15, -0.1) is 0 Å². The van der Waals surface area contributed by atoms with Gasteiger partial charge in [0.05, 0.1) is 17.5 Å². The van der Waals surface area contributed by atoms with Crippen LogP contribution in [0.25, 0.3) is 11.1 Å². The summed E-state index contributed by atoms with van der Waals surface area (Å²) in [6, 6.07) is 14.2. The van der Waals surface area contributed by atoms with E-state index in [1.807, 2.05) is 0 Å². The highest BCUT2D eigenvalue weighted by atomic mass is 19.4. The molecule has 3 aromatic rings. The molecule has 202 valence electrons. The molecule has 1 amide bonds. The zero-order valence-corrected chi connectivity index (χ0v) is 20.1. The first kappa shape index (κ1) is 28.5. The van der Waals surface area contributed by atoms with E-state index in [2.05, 4.69) is 0 Å². The summed E-state index contributed by atoms with van der Waals surface area (Å²) in [6.07, 6.45) is -11.3. The van der Waals surface area contributed by atoms with Crippen molar-refractivity contribution in [3.8, 4) is 11.1 Å². The number of carboxylic acids is 1. The van der Waals surface area contributed by atoms with Crippen LogP contribution in [0.1, 0.15) is 34.7 Å². The Morgan fingerprint density at radius 3 is 2.13 bits per heavy atom. The highest BCUT2D eigenvalue weighted by Crippen LogP contribution is 2.37. The second kappa shape index (κ2) is 11.6. The molecule has 3 aromatic carbocycles. The van der Waals surface area contributed by atoms with Crippen molar-refractivity contribution in [2.75, 3.05) is 6.54 Å². The molecular weight excluding hydrogens is 516 g/mol. The normalized spacial score (nSPS) is 11.8. The van der Waals surface area contributed by atoms with E-state index in [0.29, 0.717) is 11.6 Å². The molecule has 0 saturated carbocycles. The molecule has 0 aliphatic heterocycles. The summed E-state index contributed by atoms with van der Waals surface area (Å²) in [7, 11) is 0. The minimum absolute atomic E-state index is 0.000584. The first-order chi connectivity index (χ1) is 17.8. The second-order valence-electron chi connectivity index (χ2n) is 8.36. The van der Waals surface area contributed by atoms with Gasteiger partial charge in [-0.1, -0.05) is 42.5 Å². The Labute approximate surface area is 214 Å². The Balaban J connectivity index is 2.01. The van der Waals surface area contributed by atoms with E-state index in [4.69, 9.17) is 9.84 Å². The van der Waals surface area contributed by atoms with Crippen LogP contribution in [0.4, 0.5) is 31.1 Å². The standard InChI is InChI=1S/C27H23F6NO4/c1-2-34(25(37)38-16-17-6-4-3-5-7-17)15-20-13-21(26(28,29)30)9-10-22(20)18-8-11-23(27(31,32)33)19(12-18)14-24(35)36/h3-13H,2,14-16H2,1H3,(H,35,36). The number of halogens is 6. The SMILES string of the molecule is CCN(Cc1cc(C(F)(F)F)ccc1-c1ccc(C(F)(F)F)c(CC(=O)O)c1)C(=O)OCc1ccccc1. The smallest absolute Gasteiger partial charge is 0.416 e. The van der Waals surface area contributed by atoms with Gasteiger partial charge in [0.2, 0.25) is 0 Å².